The summed E-state index contributed by atoms with van der Waals surface area (Å²) in [6.07, 6.45) is 1.46. The lowest BCUT2D eigenvalue weighted by Gasteiger charge is -2.34. The van der Waals surface area contributed by atoms with Gasteiger partial charge in [0.15, 0.2) is 0 Å². The molecule has 2 atom stereocenters. The average molecular weight is 336 g/mol. The predicted octanol–water partition coefficient (Wildman–Crippen LogP) is 2.83. The second-order valence-electron chi connectivity index (χ2n) is 6.62. The third kappa shape index (κ3) is 3.36. The van der Waals surface area contributed by atoms with Crippen LogP contribution in [-0.2, 0) is 4.79 Å². The van der Waals surface area contributed by atoms with E-state index in [1.807, 2.05) is 47.4 Å². The molecule has 2 aromatic rings. The van der Waals surface area contributed by atoms with Crippen LogP contribution in [0.5, 0.6) is 11.5 Å². The molecule has 1 N–H and O–H groups in total. The van der Waals surface area contributed by atoms with Gasteiger partial charge in [0.1, 0.15) is 11.5 Å². The summed E-state index contributed by atoms with van der Waals surface area (Å²) >= 11 is 0. The Bertz CT molecular complexity index is 791. The van der Waals surface area contributed by atoms with E-state index in [2.05, 4.69) is 5.32 Å². The molecule has 0 aromatic heterocycles. The fourth-order valence-corrected chi connectivity index (χ4v) is 3.60. The van der Waals surface area contributed by atoms with Crippen molar-refractivity contribution < 1.29 is 14.3 Å². The molecule has 4 rings (SSSR count). The van der Waals surface area contributed by atoms with Gasteiger partial charge in [-0.3, -0.25) is 9.59 Å². The molecule has 2 amide bonds. The Balaban J connectivity index is 1.47. The molecule has 2 fully saturated rings. The van der Waals surface area contributed by atoms with Crippen molar-refractivity contribution >= 4 is 11.8 Å². The van der Waals surface area contributed by atoms with Crippen molar-refractivity contribution in [3.8, 4) is 11.5 Å². The Kier molecular flexibility index (Phi) is 4.14. The first kappa shape index (κ1) is 15.7. The average Bonchev–Trinajstić information content (AvgIpc) is 3.01. The van der Waals surface area contributed by atoms with E-state index in [0.29, 0.717) is 36.7 Å². The molecule has 5 heteroatoms. The number of carbonyl (C=O) groups is 2. The van der Waals surface area contributed by atoms with Gasteiger partial charge in [0.05, 0.1) is 0 Å². The lowest BCUT2D eigenvalue weighted by atomic mass is 9.92. The van der Waals surface area contributed by atoms with E-state index < -0.39 is 0 Å². The lowest BCUT2D eigenvalue weighted by molar-refractivity contribution is -0.119. The summed E-state index contributed by atoms with van der Waals surface area (Å²) in [5.41, 5.74) is 0.608. The van der Waals surface area contributed by atoms with Crippen LogP contribution in [0.4, 0.5) is 0 Å². The summed E-state index contributed by atoms with van der Waals surface area (Å²) in [5.74, 6) is 1.83. The van der Waals surface area contributed by atoms with E-state index >= 15 is 0 Å². The molecule has 2 aliphatic rings. The van der Waals surface area contributed by atoms with Crippen LogP contribution in [0.15, 0.2) is 54.6 Å². The quantitative estimate of drug-likeness (QED) is 0.938. The van der Waals surface area contributed by atoms with Crippen molar-refractivity contribution in [3.63, 3.8) is 0 Å². The van der Waals surface area contributed by atoms with Gasteiger partial charge in [-0.15, -0.1) is 0 Å². The fourth-order valence-electron chi connectivity index (χ4n) is 3.60. The lowest BCUT2D eigenvalue weighted by Crippen LogP contribution is -2.49. The number of para-hydroxylation sites is 1. The third-order valence-corrected chi connectivity index (χ3v) is 4.90. The fraction of sp³-hybridized carbons (Fsp3) is 0.300. The first-order chi connectivity index (χ1) is 12.2. The highest BCUT2D eigenvalue weighted by atomic mass is 16.5. The number of likely N-dealkylation sites (tertiary alicyclic amines) is 1. The van der Waals surface area contributed by atoms with Gasteiger partial charge in [-0.2, -0.15) is 0 Å². The minimum Gasteiger partial charge on any atom is -0.457 e. The first-order valence-electron chi connectivity index (χ1n) is 8.60. The maximum absolute atomic E-state index is 12.8. The van der Waals surface area contributed by atoms with Crippen LogP contribution >= 0.6 is 0 Å². The summed E-state index contributed by atoms with van der Waals surface area (Å²) < 4.78 is 5.81. The zero-order chi connectivity index (χ0) is 17.2. The molecule has 0 spiro atoms. The van der Waals surface area contributed by atoms with Gasteiger partial charge in [-0.25, -0.2) is 0 Å². The Morgan fingerprint density at radius 2 is 1.88 bits per heavy atom. The van der Waals surface area contributed by atoms with E-state index in [0.717, 1.165) is 12.2 Å². The zero-order valence-electron chi connectivity index (χ0n) is 13.9. The molecule has 5 nitrogen and oxygen atoms in total. The van der Waals surface area contributed by atoms with Crippen LogP contribution < -0.4 is 10.1 Å². The second-order valence-corrected chi connectivity index (χ2v) is 6.62. The highest BCUT2D eigenvalue weighted by Gasteiger charge is 2.38. The van der Waals surface area contributed by atoms with Crippen molar-refractivity contribution in [2.24, 2.45) is 5.92 Å². The molecule has 2 aliphatic heterocycles. The van der Waals surface area contributed by atoms with Crippen molar-refractivity contribution in [2.45, 2.75) is 18.9 Å². The van der Waals surface area contributed by atoms with Crippen molar-refractivity contribution in [1.29, 1.82) is 0 Å². The molecule has 0 radical (unpaired) electrons. The predicted molar refractivity (Wildman–Crippen MR) is 93.5 cm³/mol. The van der Waals surface area contributed by atoms with Crippen LogP contribution in [0.1, 0.15) is 23.2 Å². The molecule has 128 valence electrons. The maximum atomic E-state index is 12.8. The van der Waals surface area contributed by atoms with Crippen LogP contribution in [0.2, 0.25) is 0 Å². The van der Waals surface area contributed by atoms with Gasteiger partial charge in [-0.05, 0) is 42.7 Å². The SMILES string of the molecule is O=C1C[C@H]2CCN(C(=O)c3cccc(Oc4ccccc4)c3)C[C@H]2N1. The normalized spacial score (nSPS) is 22.2. The Morgan fingerprint density at radius 1 is 1.08 bits per heavy atom. The van der Waals surface area contributed by atoms with E-state index in [1.165, 1.54) is 0 Å². The summed E-state index contributed by atoms with van der Waals surface area (Å²) in [6.45, 7) is 1.28. The smallest absolute Gasteiger partial charge is 0.254 e. The molecule has 0 saturated carbocycles. The molecule has 2 heterocycles. The number of fused-ring (bicyclic) bond motifs is 1. The monoisotopic (exact) mass is 336 g/mol. The van der Waals surface area contributed by atoms with Crippen LogP contribution in [0, 0.1) is 5.92 Å². The molecule has 0 unspecified atom stereocenters. The minimum absolute atomic E-state index is 0.0156. The number of benzene rings is 2. The van der Waals surface area contributed by atoms with Crippen molar-refractivity contribution in [2.75, 3.05) is 13.1 Å². The standard InChI is InChI=1S/C20H20N2O3/c23-19-12-14-9-10-22(13-18(14)21-19)20(24)15-5-4-8-17(11-15)25-16-6-2-1-3-7-16/h1-8,11,14,18H,9-10,12-13H2,(H,21,23)/t14-,18-/m1/s1. The Morgan fingerprint density at radius 3 is 2.72 bits per heavy atom. The Labute approximate surface area is 146 Å². The highest BCUT2D eigenvalue weighted by Crippen LogP contribution is 2.28. The topological polar surface area (TPSA) is 58.6 Å². The largest absolute Gasteiger partial charge is 0.457 e. The minimum atomic E-state index is -0.0156. The van der Waals surface area contributed by atoms with E-state index in [4.69, 9.17) is 4.74 Å². The number of ether oxygens (including phenoxy) is 1. The van der Waals surface area contributed by atoms with Gasteiger partial charge in [0.2, 0.25) is 5.91 Å². The number of amides is 2. The number of hydrogen-bond acceptors (Lipinski definition) is 3. The molecule has 2 saturated heterocycles. The number of hydrogen-bond donors (Lipinski definition) is 1. The molecule has 0 bridgehead atoms. The first-order valence-corrected chi connectivity index (χ1v) is 8.60. The van der Waals surface area contributed by atoms with Crippen LogP contribution in [0.25, 0.3) is 0 Å². The third-order valence-electron chi connectivity index (χ3n) is 4.90. The zero-order valence-corrected chi connectivity index (χ0v) is 13.9. The molecule has 2 aromatic carbocycles. The van der Waals surface area contributed by atoms with Gasteiger partial charge < -0.3 is 15.0 Å². The highest BCUT2D eigenvalue weighted by molar-refractivity contribution is 5.95. The van der Waals surface area contributed by atoms with E-state index in [9.17, 15) is 9.59 Å². The van der Waals surface area contributed by atoms with Crippen LogP contribution in [-0.4, -0.2) is 35.8 Å². The van der Waals surface area contributed by atoms with Gasteiger partial charge >= 0.3 is 0 Å². The maximum Gasteiger partial charge on any atom is 0.254 e. The van der Waals surface area contributed by atoms with Crippen molar-refractivity contribution in [3.05, 3.63) is 60.2 Å². The molecule has 0 aliphatic carbocycles. The number of nitrogens with zero attached hydrogens (tertiary/aromatic N) is 1. The van der Waals surface area contributed by atoms with E-state index in [1.54, 1.807) is 12.1 Å². The molecule has 25 heavy (non-hydrogen) atoms. The number of nitrogens with one attached hydrogen (secondary N) is 1. The second kappa shape index (κ2) is 6.59. The molecular formula is C20H20N2O3. The summed E-state index contributed by atoms with van der Waals surface area (Å²) in [5, 5.41) is 2.98. The van der Waals surface area contributed by atoms with Gasteiger partial charge in [-0.1, -0.05) is 24.3 Å². The van der Waals surface area contributed by atoms with Gasteiger partial charge in [0.25, 0.3) is 5.91 Å². The number of piperidine rings is 1. The summed E-state index contributed by atoms with van der Waals surface area (Å²) in [4.78, 5) is 26.2. The summed E-state index contributed by atoms with van der Waals surface area (Å²) in [6, 6.07) is 16.8. The van der Waals surface area contributed by atoms with Crippen molar-refractivity contribution in [1.82, 2.24) is 10.2 Å². The van der Waals surface area contributed by atoms with Crippen LogP contribution in [0.3, 0.4) is 0 Å². The Hall–Kier alpha value is -2.82. The number of carbonyl (C=O) groups excluding carboxylic acids is 2. The summed E-state index contributed by atoms with van der Waals surface area (Å²) in [7, 11) is 0. The van der Waals surface area contributed by atoms with E-state index in [-0.39, 0.29) is 17.9 Å². The van der Waals surface area contributed by atoms with Gasteiger partial charge in [0, 0.05) is 31.1 Å². The molecular weight excluding hydrogens is 316 g/mol. The number of rotatable bonds is 3.